The lowest BCUT2D eigenvalue weighted by molar-refractivity contribution is -0.111. The molecule has 0 saturated heterocycles. The summed E-state index contributed by atoms with van der Waals surface area (Å²) in [7, 11) is 0. The summed E-state index contributed by atoms with van der Waals surface area (Å²) in [6.45, 7) is 7.89. The highest BCUT2D eigenvalue weighted by molar-refractivity contribution is 8.14. The van der Waals surface area contributed by atoms with Crippen molar-refractivity contribution < 1.29 is 4.79 Å². The van der Waals surface area contributed by atoms with Gasteiger partial charge in [0.2, 0.25) is 5.12 Å². The van der Waals surface area contributed by atoms with Gasteiger partial charge in [0.25, 0.3) is 5.56 Å². The van der Waals surface area contributed by atoms with Gasteiger partial charge >= 0.3 is 0 Å². The second-order valence-electron chi connectivity index (χ2n) is 6.99. The predicted molar refractivity (Wildman–Crippen MR) is 111 cm³/mol. The average Bonchev–Trinajstić information content (AvgIpc) is 2.85. The summed E-state index contributed by atoms with van der Waals surface area (Å²) in [5, 5.41) is 1.10. The van der Waals surface area contributed by atoms with Crippen LogP contribution in [0.25, 0.3) is 21.3 Å². The van der Waals surface area contributed by atoms with Crippen molar-refractivity contribution in [2.75, 3.05) is 0 Å². The number of aromatic nitrogens is 2. The summed E-state index contributed by atoms with van der Waals surface area (Å²) < 4.78 is 1.20. The minimum atomic E-state index is -0.197. The SMILES string of the molecule is Cc1sc2ncn(CC(=O)SC(C)(C)C)c(=O)c2c1-c1cccc(Cl)c1. The summed E-state index contributed by atoms with van der Waals surface area (Å²) in [6.07, 6.45) is 1.46. The highest BCUT2D eigenvalue weighted by Gasteiger charge is 2.20. The Labute approximate surface area is 165 Å². The van der Waals surface area contributed by atoms with E-state index in [0.29, 0.717) is 15.2 Å². The Morgan fingerprint density at radius 1 is 1.35 bits per heavy atom. The van der Waals surface area contributed by atoms with Crippen LogP contribution in [0.5, 0.6) is 0 Å². The molecule has 0 amide bonds. The number of thioether (sulfide) groups is 1. The number of hydrogen-bond acceptors (Lipinski definition) is 5. The maximum atomic E-state index is 13.1. The Morgan fingerprint density at radius 2 is 2.08 bits per heavy atom. The van der Waals surface area contributed by atoms with Crippen LogP contribution in [0.3, 0.4) is 0 Å². The first kappa shape index (κ1) is 19.1. The topological polar surface area (TPSA) is 52.0 Å². The molecule has 0 aliphatic heterocycles. The zero-order chi connectivity index (χ0) is 19.1. The van der Waals surface area contributed by atoms with Gasteiger partial charge in [-0.15, -0.1) is 11.3 Å². The monoisotopic (exact) mass is 406 g/mol. The van der Waals surface area contributed by atoms with Gasteiger partial charge in [0.1, 0.15) is 4.83 Å². The maximum absolute atomic E-state index is 13.1. The molecule has 4 nitrogen and oxygen atoms in total. The van der Waals surface area contributed by atoms with Crippen LogP contribution in [-0.2, 0) is 11.3 Å². The molecule has 2 heterocycles. The Balaban J connectivity index is 2.10. The number of aryl methyl sites for hydroxylation is 1. The third-order valence-electron chi connectivity index (χ3n) is 3.69. The Morgan fingerprint density at radius 3 is 2.73 bits per heavy atom. The molecule has 136 valence electrons. The summed E-state index contributed by atoms with van der Waals surface area (Å²) in [6, 6.07) is 7.43. The van der Waals surface area contributed by atoms with E-state index in [2.05, 4.69) is 4.98 Å². The molecule has 0 bridgehead atoms. The molecule has 3 aromatic rings. The van der Waals surface area contributed by atoms with Gasteiger partial charge in [-0.1, -0.05) is 56.3 Å². The fourth-order valence-electron chi connectivity index (χ4n) is 2.75. The number of nitrogens with zero attached hydrogens (tertiary/aromatic N) is 2. The fourth-order valence-corrected chi connectivity index (χ4v) is 4.83. The van der Waals surface area contributed by atoms with E-state index in [0.717, 1.165) is 16.0 Å². The molecule has 0 saturated carbocycles. The van der Waals surface area contributed by atoms with Crippen LogP contribution < -0.4 is 5.56 Å². The average molecular weight is 407 g/mol. The lowest BCUT2D eigenvalue weighted by Gasteiger charge is -2.16. The molecule has 1 aromatic carbocycles. The van der Waals surface area contributed by atoms with E-state index in [1.165, 1.54) is 34.0 Å². The van der Waals surface area contributed by atoms with Gasteiger partial charge in [-0.3, -0.25) is 14.2 Å². The Hall–Kier alpha value is -1.63. The van der Waals surface area contributed by atoms with Gasteiger partial charge in [0, 0.05) is 20.2 Å². The van der Waals surface area contributed by atoms with Crippen molar-refractivity contribution in [1.29, 1.82) is 0 Å². The first-order valence-electron chi connectivity index (χ1n) is 8.12. The van der Waals surface area contributed by atoms with Crippen molar-refractivity contribution in [2.45, 2.75) is 39.0 Å². The Kier molecular flexibility index (Phi) is 5.28. The first-order chi connectivity index (χ1) is 12.2. The van der Waals surface area contributed by atoms with E-state index in [9.17, 15) is 9.59 Å². The van der Waals surface area contributed by atoms with Crippen LogP contribution in [0, 0.1) is 6.92 Å². The van der Waals surface area contributed by atoms with Crippen molar-refractivity contribution in [3.05, 3.63) is 50.8 Å². The highest BCUT2D eigenvalue weighted by Crippen LogP contribution is 2.36. The second kappa shape index (κ2) is 7.18. The van der Waals surface area contributed by atoms with Crippen molar-refractivity contribution >= 4 is 50.0 Å². The molecule has 0 unspecified atom stereocenters. The van der Waals surface area contributed by atoms with Crippen molar-refractivity contribution in [1.82, 2.24) is 9.55 Å². The molecule has 0 aliphatic carbocycles. The van der Waals surface area contributed by atoms with Crippen molar-refractivity contribution in [2.24, 2.45) is 0 Å². The summed E-state index contributed by atoms with van der Waals surface area (Å²) in [5.74, 6) is 0. The van der Waals surface area contributed by atoms with Crippen LogP contribution in [0.1, 0.15) is 25.6 Å². The molecular formula is C19H19ClN2O2S2. The third kappa shape index (κ3) is 4.03. The van der Waals surface area contributed by atoms with Crippen LogP contribution in [0.15, 0.2) is 35.4 Å². The van der Waals surface area contributed by atoms with Crippen LogP contribution >= 0.6 is 34.7 Å². The number of carbonyl (C=O) groups excluding carboxylic acids is 1. The fraction of sp³-hybridized carbons (Fsp3) is 0.316. The van der Waals surface area contributed by atoms with E-state index in [1.807, 2.05) is 45.9 Å². The normalized spacial score (nSPS) is 11.9. The molecule has 0 aliphatic rings. The third-order valence-corrected chi connectivity index (χ3v) is 5.90. The van der Waals surface area contributed by atoms with Gasteiger partial charge < -0.3 is 0 Å². The highest BCUT2D eigenvalue weighted by atomic mass is 35.5. The van der Waals surface area contributed by atoms with E-state index >= 15 is 0 Å². The quantitative estimate of drug-likeness (QED) is 0.603. The van der Waals surface area contributed by atoms with E-state index < -0.39 is 0 Å². The number of carbonyl (C=O) groups is 1. The van der Waals surface area contributed by atoms with Crippen LogP contribution in [0.2, 0.25) is 5.02 Å². The van der Waals surface area contributed by atoms with Gasteiger partial charge in [0.05, 0.1) is 18.3 Å². The van der Waals surface area contributed by atoms with Gasteiger partial charge in [-0.2, -0.15) is 0 Å². The molecule has 2 aromatic heterocycles. The number of fused-ring (bicyclic) bond motifs is 1. The maximum Gasteiger partial charge on any atom is 0.263 e. The van der Waals surface area contributed by atoms with Crippen LogP contribution in [-0.4, -0.2) is 19.4 Å². The summed E-state index contributed by atoms with van der Waals surface area (Å²) in [5.41, 5.74) is 1.53. The minimum Gasteiger partial charge on any atom is -0.290 e. The molecule has 0 N–H and O–H groups in total. The Bertz CT molecular complexity index is 1050. The lowest BCUT2D eigenvalue weighted by Crippen LogP contribution is -2.25. The molecule has 26 heavy (non-hydrogen) atoms. The molecule has 0 fully saturated rings. The molecular weight excluding hydrogens is 388 g/mol. The zero-order valence-electron chi connectivity index (χ0n) is 15.0. The smallest absolute Gasteiger partial charge is 0.263 e. The number of rotatable bonds is 3. The molecule has 0 atom stereocenters. The van der Waals surface area contributed by atoms with Gasteiger partial charge in [0.15, 0.2) is 0 Å². The molecule has 0 spiro atoms. The summed E-state index contributed by atoms with van der Waals surface area (Å²) >= 11 is 8.83. The number of halogens is 1. The summed E-state index contributed by atoms with van der Waals surface area (Å²) in [4.78, 5) is 31.4. The minimum absolute atomic E-state index is 0.00753. The molecule has 0 radical (unpaired) electrons. The zero-order valence-corrected chi connectivity index (χ0v) is 17.4. The lowest BCUT2D eigenvalue weighted by atomic mass is 10.0. The standard InChI is InChI=1S/C19H19ClN2O2S2/c1-11-15(12-6-5-7-13(20)8-12)16-17(25-11)21-10-22(18(16)24)9-14(23)26-19(2,3)4/h5-8,10H,9H2,1-4H3. The van der Waals surface area contributed by atoms with Crippen LogP contribution in [0.4, 0.5) is 0 Å². The van der Waals surface area contributed by atoms with Gasteiger partial charge in [-0.25, -0.2) is 4.98 Å². The van der Waals surface area contributed by atoms with E-state index in [1.54, 1.807) is 6.07 Å². The second-order valence-corrected chi connectivity index (χ2v) is 10.5. The van der Waals surface area contributed by atoms with Crippen molar-refractivity contribution in [3.63, 3.8) is 0 Å². The predicted octanol–water partition coefficient (Wildman–Crippen LogP) is 5.15. The number of thiophene rings is 1. The van der Waals surface area contributed by atoms with E-state index in [4.69, 9.17) is 11.6 Å². The van der Waals surface area contributed by atoms with Gasteiger partial charge in [-0.05, 0) is 24.6 Å². The van der Waals surface area contributed by atoms with Crippen molar-refractivity contribution in [3.8, 4) is 11.1 Å². The first-order valence-corrected chi connectivity index (χ1v) is 10.1. The largest absolute Gasteiger partial charge is 0.290 e. The number of hydrogen-bond donors (Lipinski definition) is 0. The molecule has 7 heteroatoms. The molecule has 3 rings (SSSR count). The van der Waals surface area contributed by atoms with E-state index in [-0.39, 0.29) is 22.0 Å². The number of benzene rings is 1.